The first-order valence-corrected chi connectivity index (χ1v) is 5.34. The van der Waals surface area contributed by atoms with Gasteiger partial charge in [-0.25, -0.2) is 0 Å². The van der Waals surface area contributed by atoms with Crippen LogP contribution in [0.5, 0.6) is 5.75 Å². The summed E-state index contributed by atoms with van der Waals surface area (Å²) >= 11 is 12.1. The minimum absolute atomic E-state index is 0.482. The zero-order chi connectivity index (χ0) is 11.7. The number of hydrogen-bond donors (Lipinski definition) is 0. The first-order valence-electron chi connectivity index (χ1n) is 4.58. The van der Waals surface area contributed by atoms with E-state index in [4.69, 9.17) is 32.5 Å². The lowest BCUT2D eigenvalue weighted by Gasteiger charge is -2.06. The van der Waals surface area contributed by atoms with Crippen LogP contribution in [0.15, 0.2) is 22.7 Å². The average molecular weight is 258 g/mol. The van der Waals surface area contributed by atoms with Gasteiger partial charge in [-0.3, -0.25) is 0 Å². The average Bonchev–Trinajstić information content (AvgIpc) is 2.67. The van der Waals surface area contributed by atoms with Crippen molar-refractivity contribution in [3.8, 4) is 17.1 Å². The summed E-state index contributed by atoms with van der Waals surface area (Å²) in [6.45, 7) is 1.84. The molecule has 0 fully saturated rings. The largest absolute Gasteiger partial charge is 0.495 e. The number of benzene rings is 1. The SMILES string of the molecule is COc1cc(Cl)c(-c2cc(C)no2)cc1Cl. The lowest BCUT2D eigenvalue weighted by atomic mass is 10.1. The van der Waals surface area contributed by atoms with Crippen molar-refractivity contribution in [3.05, 3.63) is 33.9 Å². The second-order valence-corrected chi connectivity index (χ2v) is 4.11. The Morgan fingerprint density at radius 2 is 1.94 bits per heavy atom. The Labute approximate surface area is 103 Å². The normalized spacial score (nSPS) is 10.5. The van der Waals surface area contributed by atoms with Crippen molar-refractivity contribution in [3.63, 3.8) is 0 Å². The molecular weight excluding hydrogens is 249 g/mol. The molecule has 0 radical (unpaired) electrons. The summed E-state index contributed by atoms with van der Waals surface area (Å²) < 4.78 is 10.2. The quantitative estimate of drug-likeness (QED) is 0.817. The van der Waals surface area contributed by atoms with Crippen molar-refractivity contribution in [2.45, 2.75) is 6.92 Å². The topological polar surface area (TPSA) is 35.3 Å². The maximum Gasteiger partial charge on any atom is 0.168 e. The summed E-state index contributed by atoms with van der Waals surface area (Å²) in [5.74, 6) is 1.12. The fourth-order valence-electron chi connectivity index (χ4n) is 1.36. The third-order valence-corrected chi connectivity index (χ3v) is 2.74. The van der Waals surface area contributed by atoms with Crippen LogP contribution < -0.4 is 4.74 Å². The Balaban J connectivity index is 2.54. The van der Waals surface area contributed by atoms with Gasteiger partial charge in [0.05, 0.1) is 22.8 Å². The number of hydrogen-bond acceptors (Lipinski definition) is 3. The molecule has 5 heteroatoms. The number of halogens is 2. The molecule has 0 bridgehead atoms. The highest BCUT2D eigenvalue weighted by atomic mass is 35.5. The highest BCUT2D eigenvalue weighted by Crippen LogP contribution is 2.36. The fourth-order valence-corrected chi connectivity index (χ4v) is 1.85. The number of nitrogens with zero attached hydrogens (tertiary/aromatic N) is 1. The number of rotatable bonds is 2. The third-order valence-electron chi connectivity index (χ3n) is 2.13. The molecule has 0 aliphatic rings. The summed E-state index contributed by atoms with van der Waals surface area (Å²) in [7, 11) is 1.54. The van der Waals surface area contributed by atoms with Gasteiger partial charge in [-0.05, 0) is 13.0 Å². The van der Waals surface area contributed by atoms with Gasteiger partial charge in [0, 0.05) is 17.7 Å². The zero-order valence-corrected chi connectivity index (χ0v) is 10.3. The second-order valence-electron chi connectivity index (χ2n) is 3.30. The van der Waals surface area contributed by atoms with Gasteiger partial charge >= 0.3 is 0 Å². The van der Waals surface area contributed by atoms with E-state index in [1.165, 1.54) is 7.11 Å². The van der Waals surface area contributed by atoms with E-state index in [2.05, 4.69) is 5.16 Å². The fraction of sp³-hybridized carbons (Fsp3) is 0.182. The smallest absolute Gasteiger partial charge is 0.168 e. The molecule has 0 atom stereocenters. The molecule has 3 nitrogen and oxygen atoms in total. The molecule has 0 spiro atoms. The minimum atomic E-state index is 0.482. The van der Waals surface area contributed by atoms with E-state index in [-0.39, 0.29) is 0 Å². The van der Waals surface area contributed by atoms with Gasteiger partial charge in [-0.2, -0.15) is 0 Å². The molecule has 0 unspecified atom stereocenters. The minimum Gasteiger partial charge on any atom is -0.495 e. The van der Waals surface area contributed by atoms with Gasteiger partial charge in [0.2, 0.25) is 0 Å². The van der Waals surface area contributed by atoms with Gasteiger partial charge in [-0.15, -0.1) is 0 Å². The molecule has 0 N–H and O–H groups in total. The van der Waals surface area contributed by atoms with Crippen LogP contribution in [0, 0.1) is 6.92 Å². The molecule has 0 amide bonds. The Bertz CT molecular complexity index is 523. The van der Waals surface area contributed by atoms with E-state index >= 15 is 0 Å². The van der Waals surface area contributed by atoms with Crippen LogP contribution in [-0.4, -0.2) is 12.3 Å². The highest BCUT2D eigenvalue weighted by Gasteiger charge is 2.12. The van der Waals surface area contributed by atoms with Crippen LogP contribution in [0.1, 0.15) is 5.69 Å². The molecule has 0 saturated heterocycles. The van der Waals surface area contributed by atoms with Crippen LogP contribution in [-0.2, 0) is 0 Å². The van der Waals surface area contributed by atoms with E-state index < -0.39 is 0 Å². The predicted molar refractivity (Wildman–Crippen MR) is 63.2 cm³/mol. The molecule has 1 aromatic heterocycles. The first-order chi connectivity index (χ1) is 7.61. The van der Waals surface area contributed by atoms with Crippen molar-refractivity contribution in [1.29, 1.82) is 0 Å². The maximum atomic E-state index is 6.10. The van der Waals surface area contributed by atoms with Gasteiger partial charge < -0.3 is 9.26 Å². The summed E-state index contributed by atoms with van der Waals surface area (Å²) in [4.78, 5) is 0. The molecular formula is C11H9Cl2NO2. The van der Waals surface area contributed by atoms with Crippen LogP contribution >= 0.6 is 23.2 Å². The summed E-state index contributed by atoms with van der Waals surface area (Å²) in [6.07, 6.45) is 0. The first kappa shape index (κ1) is 11.3. The molecule has 2 aromatic rings. The lowest BCUT2D eigenvalue weighted by Crippen LogP contribution is -1.86. The third kappa shape index (κ3) is 2.01. The van der Waals surface area contributed by atoms with E-state index in [0.717, 1.165) is 5.69 Å². The van der Waals surface area contributed by atoms with Crippen LogP contribution in [0.4, 0.5) is 0 Å². The molecule has 1 heterocycles. The van der Waals surface area contributed by atoms with Crippen molar-refractivity contribution in [2.75, 3.05) is 7.11 Å². The van der Waals surface area contributed by atoms with Crippen molar-refractivity contribution >= 4 is 23.2 Å². The van der Waals surface area contributed by atoms with Gasteiger partial charge in [-0.1, -0.05) is 28.4 Å². The van der Waals surface area contributed by atoms with Crippen molar-refractivity contribution in [2.24, 2.45) is 0 Å². The molecule has 0 saturated carbocycles. The summed E-state index contributed by atoms with van der Waals surface area (Å²) in [5.41, 5.74) is 1.49. The highest BCUT2D eigenvalue weighted by molar-refractivity contribution is 6.36. The van der Waals surface area contributed by atoms with Gasteiger partial charge in [0.25, 0.3) is 0 Å². The number of aromatic nitrogens is 1. The number of methoxy groups -OCH3 is 1. The van der Waals surface area contributed by atoms with Crippen molar-refractivity contribution < 1.29 is 9.26 Å². The van der Waals surface area contributed by atoms with Crippen LogP contribution in [0.25, 0.3) is 11.3 Å². The predicted octanol–water partition coefficient (Wildman–Crippen LogP) is 3.97. The standard InChI is InChI=1S/C11H9Cl2NO2/c1-6-3-10(16-14-6)7-4-9(13)11(15-2)5-8(7)12/h3-5H,1-2H3. The van der Waals surface area contributed by atoms with E-state index in [0.29, 0.717) is 27.1 Å². The second kappa shape index (κ2) is 4.36. The molecule has 16 heavy (non-hydrogen) atoms. The Morgan fingerprint density at radius 1 is 1.19 bits per heavy atom. The number of aryl methyl sites for hydroxylation is 1. The van der Waals surface area contributed by atoms with Gasteiger partial charge in [0.15, 0.2) is 5.76 Å². The van der Waals surface area contributed by atoms with E-state index in [1.54, 1.807) is 18.2 Å². The number of ether oxygens (including phenoxy) is 1. The van der Waals surface area contributed by atoms with E-state index in [1.807, 2.05) is 6.92 Å². The molecule has 84 valence electrons. The molecule has 1 aromatic carbocycles. The Morgan fingerprint density at radius 3 is 2.50 bits per heavy atom. The summed E-state index contributed by atoms with van der Waals surface area (Å²) in [6, 6.07) is 5.14. The van der Waals surface area contributed by atoms with Crippen molar-refractivity contribution in [1.82, 2.24) is 5.16 Å². The van der Waals surface area contributed by atoms with Crippen LogP contribution in [0.3, 0.4) is 0 Å². The Kier molecular flexibility index (Phi) is 3.08. The van der Waals surface area contributed by atoms with Crippen LogP contribution in [0.2, 0.25) is 10.0 Å². The zero-order valence-electron chi connectivity index (χ0n) is 8.75. The van der Waals surface area contributed by atoms with E-state index in [9.17, 15) is 0 Å². The maximum absolute atomic E-state index is 6.10. The molecule has 2 rings (SSSR count). The molecule has 0 aliphatic heterocycles. The lowest BCUT2D eigenvalue weighted by molar-refractivity contribution is 0.414. The summed E-state index contributed by atoms with van der Waals surface area (Å²) in [5, 5.41) is 4.79. The van der Waals surface area contributed by atoms with Gasteiger partial charge in [0.1, 0.15) is 5.75 Å². The molecule has 0 aliphatic carbocycles. The monoisotopic (exact) mass is 257 g/mol. The Hall–Kier alpha value is -1.19.